The summed E-state index contributed by atoms with van der Waals surface area (Å²) in [7, 11) is 0. The van der Waals surface area contributed by atoms with Gasteiger partial charge in [-0.1, -0.05) is 65.0 Å². The van der Waals surface area contributed by atoms with E-state index in [1.165, 1.54) is 0 Å². The molecule has 2 amide bonds. The van der Waals surface area contributed by atoms with Gasteiger partial charge in [0.1, 0.15) is 6.04 Å². The van der Waals surface area contributed by atoms with Crippen molar-refractivity contribution in [1.82, 2.24) is 10.6 Å². The lowest BCUT2D eigenvalue weighted by molar-refractivity contribution is -0.131. The van der Waals surface area contributed by atoms with Crippen molar-refractivity contribution in [2.75, 3.05) is 12.3 Å². The molecular weight excluding hydrogens is 436 g/mol. The smallest absolute Gasteiger partial charge is 0.243 e. The van der Waals surface area contributed by atoms with E-state index in [2.05, 4.69) is 37.3 Å². The number of hydrogen-bond donors (Lipinski definition) is 4. The summed E-state index contributed by atoms with van der Waals surface area (Å²) < 4.78 is -0.00221. The molecule has 0 aliphatic rings. The second-order valence-corrected chi connectivity index (χ2v) is 11.6. The SMILES string of the molecule is C#CCC(NC(=O)C(CSC(C)(C)C)Cc1ccccc1)C(=O)NC[C@@H](O)[C@@H](O)CC(C)C. The molecule has 33 heavy (non-hydrogen) atoms. The highest BCUT2D eigenvalue weighted by Gasteiger charge is 2.28. The Balaban J connectivity index is 2.81. The first-order valence-electron chi connectivity index (χ1n) is 11.5. The molecule has 1 aromatic carbocycles. The van der Waals surface area contributed by atoms with Gasteiger partial charge in [-0.3, -0.25) is 9.59 Å². The number of nitrogens with one attached hydrogen (secondary N) is 2. The third-order valence-corrected chi connectivity index (χ3v) is 6.45. The Kier molecular flexibility index (Phi) is 12.6. The molecule has 1 rings (SSSR count). The monoisotopic (exact) mass is 476 g/mol. The van der Waals surface area contributed by atoms with Crippen molar-refractivity contribution in [2.45, 2.75) is 76.9 Å². The Hall–Kier alpha value is -2.01. The zero-order valence-electron chi connectivity index (χ0n) is 20.5. The van der Waals surface area contributed by atoms with Crippen LogP contribution < -0.4 is 10.6 Å². The average Bonchev–Trinajstić information content (AvgIpc) is 2.73. The highest BCUT2D eigenvalue weighted by Crippen LogP contribution is 2.27. The van der Waals surface area contributed by atoms with Gasteiger partial charge in [-0.15, -0.1) is 12.3 Å². The standard InChI is InChI=1S/C26H40N2O4S/c1-7-11-21(25(32)27-16-23(30)22(29)14-18(2)3)28-24(31)20(17-33-26(4,5)6)15-19-12-9-8-10-13-19/h1,8-10,12-13,18,20-23,29-30H,11,14-17H2,2-6H3,(H,27,32)(H,28,31)/t20?,21?,22-,23+/m0/s1. The van der Waals surface area contributed by atoms with Crippen LogP contribution in [0.15, 0.2) is 30.3 Å². The van der Waals surface area contributed by atoms with Crippen LogP contribution in [-0.2, 0) is 16.0 Å². The van der Waals surface area contributed by atoms with Gasteiger partial charge < -0.3 is 20.8 Å². The van der Waals surface area contributed by atoms with E-state index in [-0.39, 0.29) is 35.5 Å². The van der Waals surface area contributed by atoms with Crippen LogP contribution in [0.1, 0.15) is 53.0 Å². The summed E-state index contributed by atoms with van der Waals surface area (Å²) in [6.07, 6.45) is 4.43. The number of hydrogen-bond acceptors (Lipinski definition) is 5. The van der Waals surface area contributed by atoms with E-state index >= 15 is 0 Å². The van der Waals surface area contributed by atoms with Crippen LogP contribution in [0.5, 0.6) is 0 Å². The van der Waals surface area contributed by atoms with Crippen LogP contribution >= 0.6 is 11.8 Å². The van der Waals surface area contributed by atoms with Crippen molar-refractivity contribution in [3.8, 4) is 12.3 Å². The summed E-state index contributed by atoms with van der Waals surface area (Å²) in [6, 6.07) is 8.87. The van der Waals surface area contributed by atoms with E-state index in [0.717, 1.165) is 5.56 Å². The van der Waals surface area contributed by atoms with Crippen LogP contribution in [0, 0.1) is 24.2 Å². The fraction of sp³-hybridized carbons (Fsp3) is 0.615. The summed E-state index contributed by atoms with van der Waals surface area (Å²) in [5, 5.41) is 25.5. The zero-order valence-corrected chi connectivity index (χ0v) is 21.3. The minimum absolute atomic E-state index is 0.00221. The molecule has 0 bridgehead atoms. The molecule has 0 aromatic heterocycles. The maximum absolute atomic E-state index is 13.2. The first-order valence-corrected chi connectivity index (χ1v) is 12.5. The Bertz CT molecular complexity index is 771. The van der Waals surface area contributed by atoms with Crippen LogP contribution in [-0.4, -0.2) is 57.3 Å². The predicted octanol–water partition coefficient (Wildman–Crippen LogP) is 2.77. The van der Waals surface area contributed by atoms with E-state index in [0.29, 0.717) is 18.6 Å². The van der Waals surface area contributed by atoms with Crippen molar-refractivity contribution < 1.29 is 19.8 Å². The summed E-state index contributed by atoms with van der Waals surface area (Å²) in [6.45, 7) is 10.1. The molecule has 0 spiro atoms. The molecule has 0 saturated heterocycles. The average molecular weight is 477 g/mol. The first-order chi connectivity index (χ1) is 15.4. The lowest BCUT2D eigenvalue weighted by Crippen LogP contribution is -2.51. The van der Waals surface area contributed by atoms with Crippen LogP contribution in [0.3, 0.4) is 0 Å². The van der Waals surface area contributed by atoms with Gasteiger partial charge in [0, 0.05) is 23.5 Å². The molecule has 2 unspecified atom stereocenters. The Morgan fingerprint density at radius 2 is 1.73 bits per heavy atom. The molecular formula is C26H40N2O4S. The van der Waals surface area contributed by atoms with Gasteiger partial charge >= 0.3 is 0 Å². The number of carbonyl (C=O) groups is 2. The molecule has 0 aliphatic heterocycles. The number of benzene rings is 1. The fourth-order valence-electron chi connectivity index (χ4n) is 3.20. The van der Waals surface area contributed by atoms with Crippen LogP contribution in [0.4, 0.5) is 0 Å². The van der Waals surface area contributed by atoms with E-state index < -0.39 is 24.2 Å². The number of aliphatic hydroxyl groups excluding tert-OH is 2. The van der Waals surface area contributed by atoms with Gasteiger partial charge in [-0.25, -0.2) is 0 Å². The molecule has 4 atom stereocenters. The number of amides is 2. The molecule has 0 saturated carbocycles. The highest BCUT2D eigenvalue weighted by molar-refractivity contribution is 8.00. The summed E-state index contributed by atoms with van der Waals surface area (Å²) in [4.78, 5) is 25.9. The number of carbonyl (C=O) groups excluding carboxylic acids is 2. The summed E-state index contributed by atoms with van der Waals surface area (Å²) in [5.41, 5.74) is 1.05. The minimum Gasteiger partial charge on any atom is -0.390 e. The highest BCUT2D eigenvalue weighted by atomic mass is 32.2. The summed E-state index contributed by atoms with van der Waals surface area (Å²) >= 11 is 1.70. The second kappa shape index (κ2) is 14.3. The quantitative estimate of drug-likeness (QED) is 0.328. The van der Waals surface area contributed by atoms with Gasteiger partial charge in [0.15, 0.2) is 0 Å². The van der Waals surface area contributed by atoms with E-state index in [9.17, 15) is 19.8 Å². The second-order valence-electron chi connectivity index (χ2n) is 9.79. The van der Waals surface area contributed by atoms with Crippen molar-refractivity contribution >= 4 is 23.6 Å². The molecule has 184 valence electrons. The minimum atomic E-state index is -1.09. The zero-order chi connectivity index (χ0) is 25.0. The van der Waals surface area contributed by atoms with Crippen LogP contribution in [0.25, 0.3) is 0 Å². The van der Waals surface area contributed by atoms with Gasteiger partial charge in [-0.05, 0) is 24.3 Å². The number of terminal acetylenes is 1. The number of rotatable bonds is 13. The molecule has 0 aliphatic carbocycles. The maximum Gasteiger partial charge on any atom is 0.243 e. The van der Waals surface area contributed by atoms with Crippen LogP contribution in [0.2, 0.25) is 0 Å². The molecule has 1 aromatic rings. The van der Waals surface area contributed by atoms with Crippen molar-refractivity contribution in [2.24, 2.45) is 11.8 Å². The summed E-state index contributed by atoms with van der Waals surface area (Å²) in [5.74, 6) is 2.23. The third kappa shape index (κ3) is 12.1. The van der Waals surface area contributed by atoms with Gasteiger partial charge in [0.25, 0.3) is 0 Å². The molecule has 7 heteroatoms. The lowest BCUT2D eigenvalue weighted by Gasteiger charge is -2.25. The van der Waals surface area contributed by atoms with Gasteiger partial charge in [0.2, 0.25) is 11.8 Å². The Labute approximate surface area is 203 Å². The largest absolute Gasteiger partial charge is 0.390 e. The topological polar surface area (TPSA) is 98.7 Å². The Morgan fingerprint density at radius 1 is 1.09 bits per heavy atom. The maximum atomic E-state index is 13.2. The Morgan fingerprint density at radius 3 is 2.27 bits per heavy atom. The van der Waals surface area contributed by atoms with E-state index in [1.807, 2.05) is 44.2 Å². The predicted molar refractivity (Wildman–Crippen MR) is 136 cm³/mol. The molecule has 0 heterocycles. The lowest BCUT2D eigenvalue weighted by atomic mass is 9.99. The molecule has 0 fully saturated rings. The van der Waals surface area contributed by atoms with Gasteiger partial charge in [0.05, 0.1) is 18.1 Å². The number of thioether (sulfide) groups is 1. The van der Waals surface area contributed by atoms with Crippen molar-refractivity contribution in [1.29, 1.82) is 0 Å². The van der Waals surface area contributed by atoms with Crippen molar-refractivity contribution in [3.05, 3.63) is 35.9 Å². The number of aliphatic hydroxyl groups is 2. The molecule has 0 radical (unpaired) electrons. The molecule has 6 nitrogen and oxygen atoms in total. The van der Waals surface area contributed by atoms with E-state index in [4.69, 9.17) is 6.42 Å². The fourth-order valence-corrected chi connectivity index (χ4v) is 4.17. The third-order valence-electron chi connectivity index (χ3n) is 5.01. The van der Waals surface area contributed by atoms with E-state index in [1.54, 1.807) is 11.8 Å². The normalized spacial score (nSPS) is 15.2. The van der Waals surface area contributed by atoms with Crippen molar-refractivity contribution in [3.63, 3.8) is 0 Å². The van der Waals surface area contributed by atoms with Gasteiger partial charge in [-0.2, -0.15) is 11.8 Å². The first kappa shape index (κ1) is 29.0. The molecule has 4 N–H and O–H groups in total.